The molecule has 0 heterocycles. The van der Waals surface area contributed by atoms with Gasteiger partial charge in [-0.3, -0.25) is 4.79 Å². The Balaban J connectivity index is 2.45. The normalized spacial score (nSPS) is 10.7. The van der Waals surface area contributed by atoms with Gasteiger partial charge in [0.1, 0.15) is 0 Å². The molecule has 21 heavy (non-hydrogen) atoms. The van der Waals surface area contributed by atoms with E-state index in [1.54, 1.807) is 12.1 Å². The number of hydrogen-bond donors (Lipinski definition) is 0. The molecule has 0 amide bonds. The van der Waals surface area contributed by atoms with Crippen molar-refractivity contribution in [3.8, 4) is 0 Å². The largest absolute Gasteiger partial charge is 0.289 e. The molecule has 0 saturated carbocycles. The van der Waals surface area contributed by atoms with Gasteiger partial charge in [0.2, 0.25) is 0 Å². The lowest BCUT2D eigenvalue weighted by Crippen LogP contribution is -2.06. The van der Waals surface area contributed by atoms with Crippen LogP contribution in [-0.2, 0) is 12.8 Å². The first-order chi connectivity index (χ1) is 9.97. The Morgan fingerprint density at radius 2 is 1.43 bits per heavy atom. The van der Waals surface area contributed by atoms with Gasteiger partial charge in [0.05, 0.1) is 0 Å². The highest BCUT2D eigenvalue weighted by Gasteiger charge is 2.17. The molecule has 4 heteroatoms. The Morgan fingerprint density at radius 1 is 0.857 bits per heavy atom. The third-order valence-corrected chi connectivity index (χ3v) is 3.48. The van der Waals surface area contributed by atoms with Crippen LogP contribution in [0.2, 0.25) is 0 Å². The summed E-state index contributed by atoms with van der Waals surface area (Å²) in [6, 6.07) is 6.63. The summed E-state index contributed by atoms with van der Waals surface area (Å²) in [5.74, 6) is -4.81. The van der Waals surface area contributed by atoms with Crippen molar-refractivity contribution in [2.45, 2.75) is 26.7 Å². The van der Waals surface area contributed by atoms with E-state index in [0.29, 0.717) is 5.56 Å². The molecule has 0 fully saturated rings. The van der Waals surface area contributed by atoms with Gasteiger partial charge in [0.15, 0.2) is 23.2 Å². The van der Waals surface area contributed by atoms with Crippen LogP contribution in [0.4, 0.5) is 13.2 Å². The first-order valence-electron chi connectivity index (χ1n) is 6.79. The molecule has 0 saturated heterocycles. The van der Waals surface area contributed by atoms with Crippen LogP contribution in [-0.4, -0.2) is 5.78 Å². The summed E-state index contributed by atoms with van der Waals surface area (Å²) in [4.78, 5) is 12.3. The fraction of sp³-hybridized carbons (Fsp3) is 0.235. The number of benzene rings is 2. The number of rotatable bonds is 4. The molecule has 0 spiro atoms. The molecule has 0 aliphatic carbocycles. The summed E-state index contributed by atoms with van der Waals surface area (Å²) in [5.41, 5.74) is 2.30. The van der Waals surface area contributed by atoms with Crippen LogP contribution >= 0.6 is 0 Å². The molecule has 110 valence electrons. The van der Waals surface area contributed by atoms with Crippen LogP contribution < -0.4 is 0 Å². The molecule has 0 bridgehead atoms. The fourth-order valence-electron chi connectivity index (χ4n) is 2.29. The molecule has 0 radical (unpaired) electrons. The zero-order valence-corrected chi connectivity index (χ0v) is 11.8. The van der Waals surface area contributed by atoms with Gasteiger partial charge in [-0.05, 0) is 42.2 Å². The van der Waals surface area contributed by atoms with E-state index in [4.69, 9.17) is 0 Å². The quantitative estimate of drug-likeness (QED) is 0.600. The van der Waals surface area contributed by atoms with Gasteiger partial charge in [-0.1, -0.05) is 26.0 Å². The highest BCUT2D eigenvalue weighted by Crippen LogP contribution is 2.19. The van der Waals surface area contributed by atoms with Crippen LogP contribution in [0.1, 0.15) is 40.9 Å². The first-order valence-corrected chi connectivity index (χ1v) is 6.79. The summed E-state index contributed by atoms with van der Waals surface area (Å²) in [7, 11) is 0. The van der Waals surface area contributed by atoms with Crippen LogP contribution in [0, 0.1) is 17.5 Å². The predicted molar refractivity (Wildman–Crippen MR) is 74.9 cm³/mol. The van der Waals surface area contributed by atoms with Crippen molar-refractivity contribution in [3.05, 3.63) is 70.0 Å². The molecular weight excluding hydrogens is 277 g/mol. The summed E-state index contributed by atoms with van der Waals surface area (Å²) >= 11 is 0. The van der Waals surface area contributed by atoms with E-state index in [1.165, 1.54) is 0 Å². The Bertz CT molecular complexity index is 669. The predicted octanol–water partition coefficient (Wildman–Crippen LogP) is 4.46. The second-order valence-corrected chi connectivity index (χ2v) is 4.77. The first kappa shape index (κ1) is 15.3. The molecule has 2 rings (SSSR count). The zero-order valence-electron chi connectivity index (χ0n) is 11.8. The molecule has 0 N–H and O–H groups in total. The van der Waals surface area contributed by atoms with Crippen LogP contribution in [0.5, 0.6) is 0 Å². The van der Waals surface area contributed by atoms with Crippen LogP contribution in [0.3, 0.4) is 0 Å². The van der Waals surface area contributed by atoms with Gasteiger partial charge in [0.25, 0.3) is 0 Å². The molecule has 1 nitrogen and oxygen atoms in total. The summed E-state index contributed by atoms with van der Waals surface area (Å²) in [5, 5.41) is 0. The van der Waals surface area contributed by atoms with Gasteiger partial charge >= 0.3 is 0 Å². The number of carbonyl (C=O) groups excluding carboxylic acids is 1. The minimum atomic E-state index is -1.57. The SMILES string of the molecule is CCc1ccc(C(=O)c2cc(F)c(F)c(F)c2)cc1CC. The minimum Gasteiger partial charge on any atom is -0.289 e. The Kier molecular flexibility index (Phi) is 4.46. The van der Waals surface area contributed by atoms with E-state index in [0.717, 1.165) is 36.1 Å². The molecule has 2 aromatic carbocycles. The standard InChI is InChI=1S/C17H15F3O/c1-3-10-5-6-12(7-11(10)4-2)17(21)13-8-14(18)16(20)15(19)9-13/h5-9H,3-4H2,1-2H3. The average molecular weight is 292 g/mol. The van der Waals surface area contributed by atoms with E-state index in [1.807, 2.05) is 19.9 Å². The van der Waals surface area contributed by atoms with Crippen LogP contribution in [0.15, 0.2) is 30.3 Å². The Morgan fingerprint density at radius 3 is 1.95 bits per heavy atom. The van der Waals surface area contributed by atoms with Crippen LogP contribution in [0.25, 0.3) is 0 Å². The van der Waals surface area contributed by atoms with Gasteiger partial charge in [-0.15, -0.1) is 0 Å². The van der Waals surface area contributed by atoms with E-state index >= 15 is 0 Å². The van der Waals surface area contributed by atoms with Crippen molar-refractivity contribution in [3.63, 3.8) is 0 Å². The van der Waals surface area contributed by atoms with Gasteiger partial charge < -0.3 is 0 Å². The van der Waals surface area contributed by atoms with Crippen molar-refractivity contribution in [1.82, 2.24) is 0 Å². The van der Waals surface area contributed by atoms with Crippen molar-refractivity contribution in [2.75, 3.05) is 0 Å². The molecule has 0 aromatic heterocycles. The van der Waals surface area contributed by atoms with Gasteiger partial charge in [-0.2, -0.15) is 0 Å². The summed E-state index contributed by atoms with van der Waals surface area (Å²) < 4.78 is 39.4. The minimum absolute atomic E-state index is 0.197. The lowest BCUT2D eigenvalue weighted by Gasteiger charge is -2.09. The number of carbonyl (C=O) groups is 1. The molecular formula is C17H15F3O. The Labute approximate surface area is 121 Å². The summed E-state index contributed by atoms with van der Waals surface area (Å²) in [6.45, 7) is 3.99. The number of aryl methyl sites for hydroxylation is 2. The fourth-order valence-corrected chi connectivity index (χ4v) is 2.29. The number of hydrogen-bond acceptors (Lipinski definition) is 1. The van der Waals surface area contributed by atoms with Crippen molar-refractivity contribution in [2.24, 2.45) is 0 Å². The van der Waals surface area contributed by atoms with Crippen molar-refractivity contribution < 1.29 is 18.0 Å². The monoisotopic (exact) mass is 292 g/mol. The lowest BCUT2D eigenvalue weighted by atomic mass is 9.96. The summed E-state index contributed by atoms with van der Waals surface area (Å²) in [6.07, 6.45) is 1.61. The average Bonchev–Trinajstić information content (AvgIpc) is 2.50. The van der Waals surface area contributed by atoms with E-state index in [-0.39, 0.29) is 5.56 Å². The maximum Gasteiger partial charge on any atom is 0.194 e. The second-order valence-electron chi connectivity index (χ2n) is 4.77. The smallest absolute Gasteiger partial charge is 0.194 e. The van der Waals surface area contributed by atoms with E-state index < -0.39 is 23.2 Å². The maximum absolute atomic E-state index is 13.2. The van der Waals surface area contributed by atoms with Crippen molar-refractivity contribution >= 4 is 5.78 Å². The molecule has 0 unspecified atom stereocenters. The maximum atomic E-state index is 13.2. The van der Waals surface area contributed by atoms with E-state index in [9.17, 15) is 18.0 Å². The van der Waals surface area contributed by atoms with E-state index in [2.05, 4.69) is 0 Å². The third-order valence-electron chi connectivity index (χ3n) is 3.48. The number of ketones is 1. The second kappa shape index (κ2) is 6.12. The number of halogens is 3. The molecule has 2 aromatic rings. The lowest BCUT2D eigenvalue weighted by molar-refractivity contribution is 0.103. The molecule has 0 aliphatic rings. The van der Waals surface area contributed by atoms with Gasteiger partial charge in [-0.25, -0.2) is 13.2 Å². The van der Waals surface area contributed by atoms with Gasteiger partial charge in [0, 0.05) is 11.1 Å². The topological polar surface area (TPSA) is 17.1 Å². The highest BCUT2D eigenvalue weighted by atomic mass is 19.2. The molecule has 0 atom stereocenters. The highest BCUT2D eigenvalue weighted by molar-refractivity contribution is 6.09. The van der Waals surface area contributed by atoms with Crippen molar-refractivity contribution in [1.29, 1.82) is 0 Å². The third kappa shape index (κ3) is 2.99. The Hall–Kier alpha value is -2.10. The molecule has 0 aliphatic heterocycles. The zero-order chi connectivity index (χ0) is 15.6.